The van der Waals surface area contributed by atoms with Crippen molar-refractivity contribution in [2.45, 2.75) is 13.8 Å². The van der Waals surface area contributed by atoms with Gasteiger partial charge < -0.3 is 14.2 Å². The van der Waals surface area contributed by atoms with Crippen LogP contribution in [0.15, 0.2) is 58.1 Å². The summed E-state index contributed by atoms with van der Waals surface area (Å²) >= 11 is 3.53. The number of halogens is 1. The maximum absolute atomic E-state index is 6.10. The number of nitrogens with zero attached hydrogens (tertiary/aromatic N) is 1. The number of hydrogen-bond acceptors (Lipinski definition) is 4. The van der Waals surface area contributed by atoms with Crippen LogP contribution in [0.4, 0.5) is 11.4 Å². The summed E-state index contributed by atoms with van der Waals surface area (Å²) in [6.07, 6.45) is 1.95. The van der Waals surface area contributed by atoms with Crippen LogP contribution < -0.4 is 19.1 Å². The number of para-hydroxylation sites is 1. The van der Waals surface area contributed by atoms with Gasteiger partial charge in [-0.25, -0.2) is 0 Å². The highest BCUT2D eigenvalue weighted by Gasteiger charge is 2.42. The molecule has 0 amide bonds. The van der Waals surface area contributed by atoms with Crippen LogP contribution in [-0.4, -0.2) is 0 Å². The van der Waals surface area contributed by atoms with E-state index in [0.717, 1.165) is 56.1 Å². The average molecular weight is 370 g/mol. The van der Waals surface area contributed by atoms with Crippen molar-refractivity contribution in [3.8, 4) is 23.0 Å². The van der Waals surface area contributed by atoms with Crippen molar-refractivity contribution in [3.05, 3.63) is 58.1 Å². The Bertz CT molecular complexity index is 946. The second kappa shape index (κ2) is 4.32. The smallest absolute Gasteiger partial charge is 0.156 e. The Balaban J connectivity index is 1.92. The summed E-state index contributed by atoms with van der Waals surface area (Å²) < 4.78 is 19.1. The van der Waals surface area contributed by atoms with E-state index in [2.05, 4.69) is 20.8 Å². The largest absolute Gasteiger partial charge is 0.457 e. The van der Waals surface area contributed by atoms with Crippen molar-refractivity contribution in [1.29, 1.82) is 0 Å². The third kappa shape index (κ3) is 1.60. The number of anilines is 2. The fourth-order valence-electron chi connectivity index (χ4n) is 3.28. The second-order valence-electron chi connectivity index (χ2n) is 5.55. The minimum absolute atomic E-state index is 0.765. The molecule has 3 aliphatic heterocycles. The molecule has 3 aliphatic rings. The summed E-state index contributed by atoms with van der Waals surface area (Å²) in [6, 6.07) is 9.76. The lowest BCUT2D eigenvalue weighted by atomic mass is 10.0. The second-order valence-corrected chi connectivity index (χ2v) is 6.47. The van der Waals surface area contributed by atoms with E-state index < -0.39 is 0 Å². The Kier molecular flexibility index (Phi) is 2.46. The fourth-order valence-corrected chi connectivity index (χ4v) is 3.70. The molecule has 0 radical (unpaired) electrons. The van der Waals surface area contributed by atoms with E-state index in [1.54, 1.807) is 0 Å². The molecule has 0 aliphatic carbocycles. The number of hydrogen-bond donors (Lipinski definition) is 0. The molecule has 23 heavy (non-hydrogen) atoms. The lowest BCUT2D eigenvalue weighted by Crippen LogP contribution is -2.32. The first kappa shape index (κ1) is 13.1. The summed E-state index contributed by atoms with van der Waals surface area (Å²) in [7, 11) is 0. The number of allylic oxidation sites excluding steroid dienone is 2. The van der Waals surface area contributed by atoms with Gasteiger partial charge in [0.1, 0.15) is 22.8 Å². The van der Waals surface area contributed by atoms with E-state index in [9.17, 15) is 0 Å². The molecule has 0 saturated heterocycles. The zero-order chi connectivity index (χ0) is 15.7. The van der Waals surface area contributed by atoms with Crippen LogP contribution in [0.25, 0.3) is 0 Å². The molecule has 4 nitrogen and oxygen atoms in total. The van der Waals surface area contributed by atoms with Crippen molar-refractivity contribution < 1.29 is 14.2 Å². The molecular weight excluding hydrogens is 358 g/mol. The lowest BCUT2D eigenvalue weighted by Gasteiger charge is -2.42. The molecule has 5 rings (SSSR count). The molecule has 0 bridgehead atoms. The maximum Gasteiger partial charge on any atom is 0.156 e. The van der Waals surface area contributed by atoms with Crippen LogP contribution in [0.3, 0.4) is 0 Å². The van der Waals surface area contributed by atoms with Gasteiger partial charge >= 0.3 is 0 Å². The number of rotatable bonds is 0. The lowest BCUT2D eigenvalue weighted by molar-refractivity contribution is 0.361. The Morgan fingerprint density at radius 3 is 2.35 bits per heavy atom. The molecule has 2 aromatic rings. The summed E-state index contributed by atoms with van der Waals surface area (Å²) in [5.41, 5.74) is 2.76. The highest BCUT2D eigenvalue weighted by molar-refractivity contribution is 9.10. The zero-order valence-electron chi connectivity index (χ0n) is 12.5. The highest BCUT2D eigenvalue weighted by Crippen LogP contribution is 2.61. The Morgan fingerprint density at radius 1 is 0.957 bits per heavy atom. The van der Waals surface area contributed by atoms with Crippen LogP contribution in [0, 0.1) is 0 Å². The molecule has 3 heterocycles. The Hall–Kier alpha value is -2.40. The van der Waals surface area contributed by atoms with Crippen LogP contribution in [0.5, 0.6) is 23.0 Å². The molecule has 0 spiro atoms. The quantitative estimate of drug-likeness (QED) is 0.603. The third-order valence-corrected chi connectivity index (χ3v) is 4.63. The van der Waals surface area contributed by atoms with Crippen LogP contribution in [0.2, 0.25) is 0 Å². The standard InChI is InChI=1S/C18H12BrNO3/c1-3-11-16-9(2)21-12-5-4-6-13-17(12)20(16)18-14(22-11)7-10(19)8-15(18)23-13/h3-8H,1-2H3/b11-3+. The van der Waals surface area contributed by atoms with Gasteiger partial charge in [-0.1, -0.05) is 22.0 Å². The van der Waals surface area contributed by atoms with Crippen molar-refractivity contribution in [1.82, 2.24) is 0 Å². The number of benzene rings is 2. The third-order valence-electron chi connectivity index (χ3n) is 4.17. The van der Waals surface area contributed by atoms with Crippen molar-refractivity contribution >= 4 is 27.3 Å². The molecule has 0 saturated carbocycles. The predicted molar refractivity (Wildman–Crippen MR) is 90.5 cm³/mol. The van der Waals surface area contributed by atoms with Crippen molar-refractivity contribution in [2.75, 3.05) is 4.90 Å². The van der Waals surface area contributed by atoms with Crippen LogP contribution >= 0.6 is 15.9 Å². The Labute approximate surface area is 141 Å². The predicted octanol–water partition coefficient (Wildman–Crippen LogP) is 5.61. The van der Waals surface area contributed by atoms with Gasteiger partial charge in [0.05, 0.1) is 0 Å². The molecule has 5 heteroatoms. The van der Waals surface area contributed by atoms with E-state index in [1.165, 1.54) is 0 Å². The topological polar surface area (TPSA) is 30.9 Å². The van der Waals surface area contributed by atoms with Gasteiger partial charge in [-0.15, -0.1) is 0 Å². The van der Waals surface area contributed by atoms with Gasteiger partial charge in [-0.3, -0.25) is 4.90 Å². The van der Waals surface area contributed by atoms with E-state index in [1.807, 2.05) is 50.3 Å². The summed E-state index contributed by atoms with van der Waals surface area (Å²) in [5, 5.41) is 0. The number of ether oxygens (including phenoxy) is 3. The molecular formula is C18H12BrNO3. The average Bonchev–Trinajstić information content (AvgIpc) is 2.53. The van der Waals surface area contributed by atoms with Crippen LogP contribution in [0.1, 0.15) is 13.8 Å². The van der Waals surface area contributed by atoms with Crippen molar-refractivity contribution in [3.63, 3.8) is 0 Å². The minimum Gasteiger partial charge on any atom is -0.457 e. The van der Waals surface area contributed by atoms with E-state index in [-0.39, 0.29) is 0 Å². The SMILES string of the molecule is C/C=C1/Oc2cc(Br)cc3c2N2C1=C(C)Oc1cccc(c12)O3. The molecule has 0 aromatic heterocycles. The van der Waals surface area contributed by atoms with Crippen LogP contribution in [-0.2, 0) is 0 Å². The minimum atomic E-state index is 0.765. The fraction of sp³-hybridized carbons (Fsp3) is 0.111. The summed E-state index contributed by atoms with van der Waals surface area (Å²) in [5.74, 6) is 4.69. The highest BCUT2D eigenvalue weighted by atomic mass is 79.9. The summed E-state index contributed by atoms with van der Waals surface area (Å²) in [4.78, 5) is 2.18. The molecule has 0 fully saturated rings. The zero-order valence-corrected chi connectivity index (χ0v) is 14.1. The first-order valence-electron chi connectivity index (χ1n) is 7.35. The van der Waals surface area contributed by atoms with Gasteiger partial charge in [0.15, 0.2) is 28.8 Å². The van der Waals surface area contributed by atoms with E-state index in [4.69, 9.17) is 14.2 Å². The monoisotopic (exact) mass is 369 g/mol. The van der Waals surface area contributed by atoms with Gasteiger partial charge in [0.2, 0.25) is 0 Å². The van der Waals surface area contributed by atoms with Gasteiger partial charge in [0.25, 0.3) is 0 Å². The molecule has 0 unspecified atom stereocenters. The van der Waals surface area contributed by atoms with Gasteiger partial charge in [-0.05, 0) is 44.2 Å². The molecule has 114 valence electrons. The maximum atomic E-state index is 6.10. The molecule has 2 aromatic carbocycles. The van der Waals surface area contributed by atoms with E-state index in [0.29, 0.717) is 0 Å². The molecule has 0 N–H and O–H groups in total. The summed E-state index contributed by atoms with van der Waals surface area (Å²) in [6.45, 7) is 3.91. The van der Waals surface area contributed by atoms with E-state index >= 15 is 0 Å². The van der Waals surface area contributed by atoms with Gasteiger partial charge in [-0.2, -0.15) is 0 Å². The Morgan fingerprint density at radius 2 is 1.61 bits per heavy atom. The van der Waals surface area contributed by atoms with Gasteiger partial charge in [0, 0.05) is 4.47 Å². The molecule has 0 atom stereocenters. The first-order chi connectivity index (χ1) is 11.2. The first-order valence-corrected chi connectivity index (χ1v) is 8.14. The van der Waals surface area contributed by atoms with Crippen molar-refractivity contribution in [2.24, 2.45) is 0 Å². The normalized spacial score (nSPS) is 18.2.